The second-order valence-electron chi connectivity index (χ2n) is 6.92. The smallest absolute Gasteiger partial charge is 0.101 e. The fourth-order valence-corrected chi connectivity index (χ4v) is 3.98. The summed E-state index contributed by atoms with van der Waals surface area (Å²) in [5.41, 5.74) is 5.36. The topological polar surface area (TPSA) is 54.5 Å². The van der Waals surface area contributed by atoms with Crippen molar-refractivity contribution < 1.29 is 0 Å². The molecule has 4 rings (SSSR count). The summed E-state index contributed by atoms with van der Waals surface area (Å²) in [5.74, 6) is 0. The fraction of sp³-hybridized carbons (Fsp3) is 0.125. The summed E-state index contributed by atoms with van der Waals surface area (Å²) >= 11 is 1.67. The van der Waals surface area contributed by atoms with E-state index >= 15 is 0 Å². The molecule has 0 bridgehead atoms. The second-order valence-corrected chi connectivity index (χ2v) is 8.02. The molecule has 0 spiro atoms. The van der Waals surface area contributed by atoms with Crippen LogP contribution in [0.2, 0.25) is 0 Å². The first-order chi connectivity index (χ1) is 14.2. The highest BCUT2D eigenvalue weighted by Crippen LogP contribution is 2.26. The average molecular weight is 397 g/mol. The zero-order chi connectivity index (χ0) is 20.1. The van der Waals surface area contributed by atoms with Gasteiger partial charge in [-0.2, -0.15) is 5.26 Å². The Bertz CT molecular complexity index is 1140. The number of rotatable bonds is 6. The van der Waals surface area contributed by atoms with E-state index in [0.717, 1.165) is 34.8 Å². The third-order valence-corrected chi connectivity index (χ3v) is 5.57. The summed E-state index contributed by atoms with van der Waals surface area (Å²) in [6.07, 6.45) is 6.46. The first-order valence-electron chi connectivity index (χ1n) is 9.37. The number of hydrogen-bond acceptors (Lipinski definition) is 4. The van der Waals surface area contributed by atoms with Crippen LogP contribution in [0.15, 0.2) is 89.3 Å². The van der Waals surface area contributed by atoms with Crippen LogP contribution in [0.25, 0.3) is 0 Å². The molecule has 0 aliphatic carbocycles. The molecule has 0 saturated carbocycles. The Kier molecular flexibility index (Phi) is 5.73. The van der Waals surface area contributed by atoms with E-state index < -0.39 is 0 Å². The maximum absolute atomic E-state index is 8.94. The van der Waals surface area contributed by atoms with Crippen molar-refractivity contribution in [3.63, 3.8) is 0 Å². The van der Waals surface area contributed by atoms with Crippen molar-refractivity contribution >= 4 is 11.8 Å². The molecule has 142 valence electrons. The van der Waals surface area contributed by atoms with Gasteiger partial charge in [0.05, 0.1) is 24.5 Å². The highest BCUT2D eigenvalue weighted by Gasteiger charge is 2.06. The van der Waals surface area contributed by atoms with Gasteiger partial charge in [0.25, 0.3) is 0 Å². The van der Waals surface area contributed by atoms with E-state index in [2.05, 4.69) is 63.9 Å². The molecule has 0 atom stereocenters. The highest BCUT2D eigenvalue weighted by molar-refractivity contribution is 7.99. The lowest BCUT2D eigenvalue weighted by molar-refractivity contribution is 0.748. The highest BCUT2D eigenvalue weighted by atomic mass is 32.2. The number of nitrogens with zero attached hydrogens (tertiary/aromatic N) is 4. The van der Waals surface area contributed by atoms with Crippen LogP contribution in [0.5, 0.6) is 0 Å². The Morgan fingerprint density at radius 3 is 2.55 bits per heavy atom. The Hall–Kier alpha value is -3.36. The molecule has 0 amide bonds. The Morgan fingerprint density at radius 2 is 1.83 bits per heavy atom. The van der Waals surface area contributed by atoms with E-state index in [0.29, 0.717) is 5.56 Å². The van der Waals surface area contributed by atoms with Crippen LogP contribution in [0.4, 0.5) is 0 Å². The molecule has 0 aliphatic rings. The quantitative estimate of drug-likeness (QED) is 0.447. The van der Waals surface area contributed by atoms with Crippen LogP contribution in [0, 0.1) is 18.3 Å². The van der Waals surface area contributed by atoms with E-state index in [1.54, 1.807) is 11.8 Å². The summed E-state index contributed by atoms with van der Waals surface area (Å²) in [7, 11) is 0. The molecule has 4 nitrogen and oxygen atoms in total. The molecule has 2 aromatic carbocycles. The Morgan fingerprint density at radius 1 is 1.00 bits per heavy atom. The van der Waals surface area contributed by atoms with Crippen molar-refractivity contribution in [1.82, 2.24) is 14.5 Å². The molecule has 0 saturated heterocycles. The zero-order valence-electron chi connectivity index (χ0n) is 16.1. The summed E-state index contributed by atoms with van der Waals surface area (Å²) in [4.78, 5) is 10.1. The Labute approximate surface area is 174 Å². The molecule has 0 N–H and O–H groups in total. The molecule has 0 radical (unpaired) electrons. The predicted molar refractivity (Wildman–Crippen MR) is 115 cm³/mol. The summed E-state index contributed by atoms with van der Waals surface area (Å²) in [6, 6.07) is 22.5. The van der Waals surface area contributed by atoms with Crippen LogP contribution >= 0.6 is 11.8 Å². The van der Waals surface area contributed by atoms with Crippen LogP contribution in [-0.4, -0.2) is 14.5 Å². The van der Waals surface area contributed by atoms with Gasteiger partial charge in [0.2, 0.25) is 0 Å². The third-order valence-electron chi connectivity index (χ3n) is 4.63. The van der Waals surface area contributed by atoms with Crippen LogP contribution in [0.3, 0.4) is 0 Å². The minimum atomic E-state index is 0.678. The first kappa shape index (κ1) is 19.0. The lowest BCUT2D eigenvalue weighted by atomic mass is 10.1. The minimum Gasteiger partial charge on any atom is -0.330 e. The van der Waals surface area contributed by atoms with Gasteiger partial charge in [-0.05, 0) is 48.4 Å². The number of imidazole rings is 1. The van der Waals surface area contributed by atoms with Crippen LogP contribution < -0.4 is 0 Å². The SMILES string of the molecule is Cc1cccc(Sc2ccc(Cn3cncc3Cc3ccc(C#N)cc3)cn2)c1. The van der Waals surface area contributed by atoms with E-state index in [1.165, 1.54) is 10.5 Å². The molecule has 29 heavy (non-hydrogen) atoms. The monoisotopic (exact) mass is 396 g/mol. The number of aromatic nitrogens is 3. The number of benzene rings is 2. The van der Waals surface area contributed by atoms with Gasteiger partial charge >= 0.3 is 0 Å². The van der Waals surface area contributed by atoms with Gasteiger partial charge in [-0.1, -0.05) is 47.7 Å². The van der Waals surface area contributed by atoms with Crippen LogP contribution in [-0.2, 0) is 13.0 Å². The van der Waals surface area contributed by atoms with Gasteiger partial charge in [-0.15, -0.1) is 0 Å². The van der Waals surface area contributed by atoms with Crippen molar-refractivity contribution in [2.24, 2.45) is 0 Å². The Balaban J connectivity index is 1.43. The third kappa shape index (κ3) is 4.92. The number of pyridine rings is 1. The van der Waals surface area contributed by atoms with Crippen molar-refractivity contribution in [1.29, 1.82) is 5.26 Å². The van der Waals surface area contributed by atoms with Crippen molar-refractivity contribution in [2.45, 2.75) is 29.8 Å². The minimum absolute atomic E-state index is 0.678. The number of nitriles is 1. The molecular formula is C24H20N4S. The molecule has 5 heteroatoms. The van der Waals surface area contributed by atoms with Crippen LogP contribution in [0.1, 0.15) is 27.9 Å². The predicted octanol–water partition coefficient (Wildman–Crippen LogP) is 5.25. The average Bonchev–Trinajstić information content (AvgIpc) is 3.16. The molecule has 2 aromatic heterocycles. The van der Waals surface area contributed by atoms with Gasteiger partial charge < -0.3 is 4.57 Å². The van der Waals surface area contributed by atoms with Gasteiger partial charge in [0, 0.05) is 29.4 Å². The van der Waals surface area contributed by atoms with Crippen molar-refractivity contribution in [3.05, 3.63) is 107 Å². The lowest BCUT2D eigenvalue weighted by Gasteiger charge is -2.09. The lowest BCUT2D eigenvalue weighted by Crippen LogP contribution is -2.04. The summed E-state index contributed by atoms with van der Waals surface area (Å²) in [5, 5.41) is 9.92. The maximum atomic E-state index is 8.94. The van der Waals surface area contributed by atoms with E-state index in [4.69, 9.17) is 5.26 Å². The van der Waals surface area contributed by atoms with Gasteiger partial charge in [0.15, 0.2) is 0 Å². The summed E-state index contributed by atoms with van der Waals surface area (Å²) in [6.45, 7) is 2.83. The number of hydrogen-bond donors (Lipinski definition) is 0. The second kappa shape index (κ2) is 8.76. The molecule has 0 aliphatic heterocycles. The van der Waals surface area contributed by atoms with E-state index in [1.807, 2.05) is 43.0 Å². The molecule has 2 heterocycles. The first-order valence-corrected chi connectivity index (χ1v) is 10.2. The molecule has 0 fully saturated rings. The largest absolute Gasteiger partial charge is 0.330 e. The molecule has 0 unspecified atom stereocenters. The van der Waals surface area contributed by atoms with Gasteiger partial charge in [-0.3, -0.25) is 0 Å². The fourth-order valence-electron chi connectivity index (χ4n) is 3.11. The maximum Gasteiger partial charge on any atom is 0.101 e. The van der Waals surface area contributed by atoms with E-state index in [-0.39, 0.29) is 0 Å². The molecular weight excluding hydrogens is 376 g/mol. The normalized spacial score (nSPS) is 10.6. The van der Waals surface area contributed by atoms with Gasteiger partial charge in [0.1, 0.15) is 5.03 Å². The zero-order valence-corrected chi connectivity index (χ0v) is 16.9. The van der Waals surface area contributed by atoms with E-state index in [9.17, 15) is 0 Å². The molecule has 4 aromatic rings. The number of aryl methyl sites for hydroxylation is 1. The van der Waals surface area contributed by atoms with Gasteiger partial charge in [-0.25, -0.2) is 9.97 Å². The van der Waals surface area contributed by atoms with Crippen molar-refractivity contribution in [2.75, 3.05) is 0 Å². The standard InChI is InChI=1S/C24H20N4S/c1-18-3-2-4-23(11-18)29-24-10-9-21(14-27-24)16-28-17-26-15-22(28)12-19-5-7-20(13-25)8-6-19/h2-11,14-15,17H,12,16H2,1H3. The summed E-state index contributed by atoms with van der Waals surface area (Å²) < 4.78 is 2.14. The van der Waals surface area contributed by atoms with Crippen molar-refractivity contribution in [3.8, 4) is 6.07 Å².